The maximum absolute atomic E-state index is 11.5. The van der Waals surface area contributed by atoms with E-state index >= 15 is 0 Å². The summed E-state index contributed by atoms with van der Waals surface area (Å²) in [6.07, 6.45) is 0.698. The number of amides is 1. The van der Waals surface area contributed by atoms with Gasteiger partial charge in [0.05, 0.1) is 0 Å². The van der Waals surface area contributed by atoms with Gasteiger partial charge in [-0.2, -0.15) is 0 Å². The first-order valence-electron chi connectivity index (χ1n) is 4.77. The molecule has 1 aliphatic heterocycles. The number of carbonyl (C=O) groups excluding carboxylic acids is 1. The van der Waals surface area contributed by atoms with Gasteiger partial charge in [0.1, 0.15) is 6.10 Å². The maximum Gasteiger partial charge on any atom is 0.249 e. The molecule has 1 amide bonds. The maximum atomic E-state index is 11.5. The summed E-state index contributed by atoms with van der Waals surface area (Å²) < 4.78 is 5.32. The summed E-state index contributed by atoms with van der Waals surface area (Å²) in [5, 5.41) is 2.81. The Balaban J connectivity index is 2.38. The molecule has 0 aromatic rings. The first kappa shape index (κ1) is 10.5. The van der Waals surface area contributed by atoms with Crippen LogP contribution in [0, 0.1) is 5.92 Å². The van der Waals surface area contributed by atoms with E-state index in [0.29, 0.717) is 19.1 Å². The van der Waals surface area contributed by atoms with Crippen molar-refractivity contribution in [2.24, 2.45) is 11.7 Å². The molecular formula is C9H18N2O2. The van der Waals surface area contributed by atoms with Crippen molar-refractivity contribution in [3.63, 3.8) is 0 Å². The van der Waals surface area contributed by atoms with Crippen LogP contribution in [-0.4, -0.2) is 31.2 Å². The van der Waals surface area contributed by atoms with Crippen LogP contribution in [0.2, 0.25) is 0 Å². The summed E-state index contributed by atoms with van der Waals surface area (Å²) in [7, 11) is 0. The van der Waals surface area contributed by atoms with Crippen molar-refractivity contribution in [2.75, 3.05) is 13.2 Å². The third-order valence-corrected chi connectivity index (χ3v) is 2.39. The number of ether oxygens (including phenoxy) is 1. The molecule has 1 fully saturated rings. The smallest absolute Gasteiger partial charge is 0.249 e. The summed E-state index contributed by atoms with van der Waals surface area (Å²) in [5.74, 6) is 0.299. The molecular weight excluding hydrogens is 168 g/mol. The van der Waals surface area contributed by atoms with Crippen LogP contribution in [0.25, 0.3) is 0 Å². The lowest BCUT2D eigenvalue weighted by atomic mass is 10.0. The highest BCUT2D eigenvalue weighted by molar-refractivity contribution is 5.81. The zero-order valence-corrected chi connectivity index (χ0v) is 8.25. The second kappa shape index (κ2) is 4.58. The second-order valence-electron chi connectivity index (χ2n) is 3.70. The Morgan fingerprint density at radius 1 is 1.77 bits per heavy atom. The summed E-state index contributed by atoms with van der Waals surface area (Å²) in [6, 6.07) is 0.0314. The number of hydrogen-bond acceptors (Lipinski definition) is 3. The van der Waals surface area contributed by atoms with Gasteiger partial charge in [0.25, 0.3) is 0 Å². The Kier molecular flexibility index (Phi) is 3.69. The predicted octanol–water partition coefficient (Wildman–Crippen LogP) is -0.125. The molecule has 13 heavy (non-hydrogen) atoms. The number of nitrogens with one attached hydrogen (secondary N) is 1. The van der Waals surface area contributed by atoms with Crippen LogP contribution in [0.5, 0.6) is 0 Å². The Morgan fingerprint density at radius 2 is 2.46 bits per heavy atom. The minimum absolute atomic E-state index is 0.0250. The lowest BCUT2D eigenvalue weighted by Gasteiger charge is -2.17. The van der Waals surface area contributed by atoms with Crippen molar-refractivity contribution in [1.29, 1.82) is 0 Å². The van der Waals surface area contributed by atoms with Crippen LogP contribution < -0.4 is 11.1 Å². The summed E-state index contributed by atoms with van der Waals surface area (Å²) in [5.41, 5.74) is 5.40. The Bertz CT molecular complexity index is 184. The van der Waals surface area contributed by atoms with Crippen molar-refractivity contribution in [3.8, 4) is 0 Å². The molecule has 0 radical (unpaired) electrons. The van der Waals surface area contributed by atoms with Gasteiger partial charge in [0.15, 0.2) is 0 Å². The standard InChI is InChI=1S/C9H18N2O2/c1-6-3-4-13-8(6)9(12)11-7(2)5-10/h6-8H,3-5,10H2,1-2H3,(H,11,12)/t6?,7-,8?/m1/s1. The predicted molar refractivity (Wildman–Crippen MR) is 50.2 cm³/mol. The van der Waals surface area contributed by atoms with Crippen LogP contribution in [-0.2, 0) is 9.53 Å². The average Bonchev–Trinajstić information content (AvgIpc) is 2.51. The fourth-order valence-electron chi connectivity index (χ4n) is 1.41. The van der Waals surface area contributed by atoms with E-state index in [1.807, 2.05) is 13.8 Å². The van der Waals surface area contributed by atoms with Gasteiger partial charge in [0.2, 0.25) is 5.91 Å². The molecule has 1 saturated heterocycles. The zero-order chi connectivity index (χ0) is 9.84. The van der Waals surface area contributed by atoms with Crippen LogP contribution in [0.15, 0.2) is 0 Å². The van der Waals surface area contributed by atoms with Gasteiger partial charge >= 0.3 is 0 Å². The van der Waals surface area contributed by atoms with Crippen LogP contribution in [0.4, 0.5) is 0 Å². The van der Waals surface area contributed by atoms with Crippen molar-refractivity contribution in [1.82, 2.24) is 5.32 Å². The topological polar surface area (TPSA) is 64.3 Å². The van der Waals surface area contributed by atoms with E-state index in [1.54, 1.807) is 0 Å². The van der Waals surface area contributed by atoms with Gasteiger partial charge in [0, 0.05) is 19.2 Å². The minimum Gasteiger partial charge on any atom is -0.368 e. The third-order valence-electron chi connectivity index (χ3n) is 2.39. The van der Waals surface area contributed by atoms with Gasteiger partial charge < -0.3 is 15.8 Å². The number of rotatable bonds is 3. The van der Waals surface area contributed by atoms with E-state index in [-0.39, 0.29) is 18.1 Å². The van der Waals surface area contributed by atoms with Crippen LogP contribution in [0.1, 0.15) is 20.3 Å². The second-order valence-corrected chi connectivity index (χ2v) is 3.70. The summed E-state index contributed by atoms with van der Waals surface area (Å²) >= 11 is 0. The normalized spacial score (nSPS) is 30.1. The van der Waals surface area contributed by atoms with Crippen LogP contribution in [0.3, 0.4) is 0 Å². The van der Waals surface area contributed by atoms with Gasteiger partial charge in [-0.25, -0.2) is 0 Å². The van der Waals surface area contributed by atoms with E-state index in [4.69, 9.17) is 10.5 Å². The van der Waals surface area contributed by atoms with E-state index in [0.717, 1.165) is 6.42 Å². The third kappa shape index (κ3) is 2.67. The first-order chi connectivity index (χ1) is 6.15. The molecule has 3 atom stereocenters. The van der Waals surface area contributed by atoms with E-state index < -0.39 is 0 Å². The van der Waals surface area contributed by atoms with Gasteiger partial charge in [-0.05, 0) is 19.3 Å². The zero-order valence-electron chi connectivity index (χ0n) is 8.25. The average molecular weight is 186 g/mol. The molecule has 0 saturated carbocycles. The highest BCUT2D eigenvalue weighted by Crippen LogP contribution is 2.19. The molecule has 0 spiro atoms. The van der Waals surface area contributed by atoms with Crippen molar-refractivity contribution in [2.45, 2.75) is 32.4 Å². The van der Waals surface area contributed by atoms with Gasteiger partial charge in [-0.15, -0.1) is 0 Å². The molecule has 3 N–H and O–H groups in total. The lowest BCUT2D eigenvalue weighted by Crippen LogP contribution is -2.44. The highest BCUT2D eigenvalue weighted by Gasteiger charge is 2.31. The molecule has 0 aromatic carbocycles. The van der Waals surface area contributed by atoms with Crippen LogP contribution >= 0.6 is 0 Å². The molecule has 0 aliphatic carbocycles. The number of hydrogen-bond donors (Lipinski definition) is 2. The van der Waals surface area contributed by atoms with E-state index in [2.05, 4.69) is 5.32 Å². The monoisotopic (exact) mass is 186 g/mol. The Hall–Kier alpha value is -0.610. The molecule has 1 rings (SSSR count). The molecule has 4 nitrogen and oxygen atoms in total. The van der Waals surface area contributed by atoms with Crippen molar-refractivity contribution < 1.29 is 9.53 Å². The first-order valence-corrected chi connectivity index (χ1v) is 4.77. The van der Waals surface area contributed by atoms with Crippen molar-refractivity contribution >= 4 is 5.91 Å². The number of nitrogens with two attached hydrogens (primary N) is 1. The number of carbonyl (C=O) groups is 1. The van der Waals surface area contributed by atoms with Crippen molar-refractivity contribution in [3.05, 3.63) is 0 Å². The Labute approximate surface area is 78.8 Å². The largest absolute Gasteiger partial charge is 0.368 e. The molecule has 0 aromatic heterocycles. The quantitative estimate of drug-likeness (QED) is 0.645. The minimum atomic E-state index is -0.269. The van der Waals surface area contributed by atoms with Gasteiger partial charge in [-0.3, -0.25) is 4.79 Å². The fourth-order valence-corrected chi connectivity index (χ4v) is 1.41. The highest BCUT2D eigenvalue weighted by atomic mass is 16.5. The molecule has 4 heteroatoms. The Morgan fingerprint density at radius 3 is 2.92 bits per heavy atom. The fraction of sp³-hybridized carbons (Fsp3) is 0.889. The summed E-state index contributed by atoms with van der Waals surface area (Å²) in [6.45, 7) is 5.07. The SMILES string of the molecule is CC1CCOC1C(=O)N[C@H](C)CN. The van der Waals surface area contributed by atoms with E-state index in [9.17, 15) is 4.79 Å². The molecule has 2 unspecified atom stereocenters. The lowest BCUT2D eigenvalue weighted by molar-refractivity contribution is -0.132. The molecule has 0 bridgehead atoms. The molecule has 76 valence electrons. The van der Waals surface area contributed by atoms with Gasteiger partial charge in [-0.1, -0.05) is 6.92 Å². The molecule has 1 heterocycles. The summed E-state index contributed by atoms with van der Waals surface area (Å²) in [4.78, 5) is 11.5. The van der Waals surface area contributed by atoms with E-state index in [1.165, 1.54) is 0 Å². The molecule has 1 aliphatic rings.